The number of methoxy groups -OCH3 is 1. The second-order valence-corrected chi connectivity index (χ2v) is 6.31. The van der Waals surface area contributed by atoms with Gasteiger partial charge in [0.25, 0.3) is 5.91 Å². The minimum atomic E-state index is -1.14. The van der Waals surface area contributed by atoms with E-state index in [1.165, 1.54) is 24.4 Å². The van der Waals surface area contributed by atoms with E-state index in [0.717, 1.165) is 0 Å². The zero-order chi connectivity index (χ0) is 20.6. The van der Waals surface area contributed by atoms with Crippen LogP contribution in [0.1, 0.15) is 22.0 Å². The molecule has 1 heterocycles. The molecule has 150 valence electrons. The fourth-order valence-corrected chi connectivity index (χ4v) is 2.79. The van der Waals surface area contributed by atoms with Gasteiger partial charge in [0.2, 0.25) is 0 Å². The Balaban J connectivity index is 1.77. The monoisotopic (exact) mass is 396 g/mol. The summed E-state index contributed by atoms with van der Waals surface area (Å²) in [6.45, 7) is -0.123. The Kier molecular flexibility index (Phi) is 6.76. The van der Waals surface area contributed by atoms with Crippen molar-refractivity contribution in [1.82, 2.24) is 10.3 Å². The van der Waals surface area contributed by atoms with Crippen molar-refractivity contribution in [1.29, 1.82) is 0 Å². The van der Waals surface area contributed by atoms with E-state index in [-0.39, 0.29) is 6.61 Å². The van der Waals surface area contributed by atoms with Gasteiger partial charge in [-0.1, -0.05) is 18.2 Å². The number of hydrogen-bond donors (Lipinski definition) is 2. The molecule has 2 N–H and O–H groups in total. The molecule has 0 aliphatic rings. The highest BCUT2D eigenvalue weighted by molar-refractivity contribution is 5.94. The molecule has 0 radical (unpaired) electrons. The molecule has 3 aromatic rings. The van der Waals surface area contributed by atoms with E-state index in [1.807, 2.05) is 0 Å². The number of amides is 1. The van der Waals surface area contributed by atoms with Gasteiger partial charge in [-0.15, -0.1) is 0 Å². The number of carbonyl (C=O) groups is 1. The van der Waals surface area contributed by atoms with Crippen molar-refractivity contribution in [3.05, 3.63) is 90.0 Å². The van der Waals surface area contributed by atoms with Crippen LogP contribution in [0.25, 0.3) is 0 Å². The van der Waals surface area contributed by atoms with E-state index in [9.17, 15) is 14.3 Å². The first-order valence-electron chi connectivity index (χ1n) is 8.98. The lowest BCUT2D eigenvalue weighted by atomic mass is 10.0. The number of nitrogens with one attached hydrogen (secondary N) is 1. The summed E-state index contributed by atoms with van der Waals surface area (Å²) in [7, 11) is 1.54. The zero-order valence-corrected chi connectivity index (χ0v) is 15.8. The van der Waals surface area contributed by atoms with E-state index in [0.29, 0.717) is 22.6 Å². The molecule has 1 amide bonds. The van der Waals surface area contributed by atoms with E-state index in [2.05, 4.69) is 10.3 Å². The van der Waals surface area contributed by atoms with E-state index >= 15 is 0 Å². The van der Waals surface area contributed by atoms with Gasteiger partial charge < -0.3 is 19.9 Å². The summed E-state index contributed by atoms with van der Waals surface area (Å²) in [5.74, 6) is 0.209. The third-order valence-electron chi connectivity index (χ3n) is 4.26. The lowest BCUT2D eigenvalue weighted by Crippen LogP contribution is -2.39. The van der Waals surface area contributed by atoms with Crippen LogP contribution in [-0.2, 0) is 0 Å². The van der Waals surface area contributed by atoms with Gasteiger partial charge >= 0.3 is 0 Å². The van der Waals surface area contributed by atoms with Crippen molar-refractivity contribution in [2.24, 2.45) is 0 Å². The average Bonchev–Trinajstić information content (AvgIpc) is 2.76. The third kappa shape index (κ3) is 5.52. The maximum Gasteiger partial charge on any atom is 0.253 e. The van der Waals surface area contributed by atoms with Gasteiger partial charge in [-0.05, 0) is 42.0 Å². The Morgan fingerprint density at radius 2 is 1.93 bits per heavy atom. The number of hydrogen-bond acceptors (Lipinski definition) is 5. The van der Waals surface area contributed by atoms with Gasteiger partial charge in [-0.3, -0.25) is 9.78 Å². The standard InChI is InChI=1S/C22H21FN2O4/c1-28-18-8-3-9-19(12-18)29-14-20(26)21(15-5-2-7-17(23)11-15)25-22(27)16-6-4-10-24-13-16/h2-13,20-21,26H,14H2,1H3,(H,25,27). The van der Waals surface area contributed by atoms with E-state index in [1.54, 1.807) is 55.8 Å². The van der Waals surface area contributed by atoms with Crippen LogP contribution in [0.2, 0.25) is 0 Å². The van der Waals surface area contributed by atoms with Crippen LogP contribution in [0, 0.1) is 5.82 Å². The molecular weight excluding hydrogens is 375 g/mol. The molecule has 2 aromatic carbocycles. The van der Waals surface area contributed by atoms with Crippen molar-refractivity contribution in [2.45, 2.75) is 12.1 Å². The molecular formula is C22H21FN2O4. The van der Waals surface area contributed by atoms with Gasteiger partial charge in [-0.2, -0.15) is 0 Å². The molecule has 0 bridgehead atoms. The predicted molar refractivity (Wildman–Crippen MR) is 105 cm³/mol. The third-order valence-corrected chi connectivity index (χ3v) is 4.26. The molecule has 0 saturated heterocycles. The average molecular weight is 396 g/mol. The lowest BCUT2D eigenvalue weighted by Gasteiger charge is -2.25. The first-order valence-corrected chi connectivity index (χ1v) is 8.98. The Hall–Kier alpha value is -3.45. The van der Waals surface area contributed by atoms with Crippen molar-refractivity contribution in [2.75, 3.05) is 13.7 Å². The highest BCUT2D eigenvalue weighted by Crippen LogP contribution is 2.22. The van der Waals surface area contributed by atoms with Gasteiger partial charge in [0.15, 0.2) is 0 Å². The zero-order valence-electron chi connectivity index (χ0n) is 15.8. The maximum absolute atomic E-state index is 13.7. The molecule has 2 unspecified atom stereocenters. The molecule has 1 aromatic heterocycles. The fourth-order valence-electron chi connectivity index (χ4n) is 2.79. The van der Waals surface area contributed by atoms with Crippen molar-refractivity contribution >= 4 is 5.91 Å². The maximum atomic E-state index is 13.7. The number of carbonyl (C=O) groups excluding carboxylic acids is 1. The normalized spacial score (nSPS) is 12.7. The van der Waals surface area contributed by atoms with Crippen molar-refractivity contribution < 1.29 is 23.8 Å². The SMILES string of the molecule is COc1cccc(OCC(O)C(NC(=O)c2cccnc2)c2cccc(F)c2)c1. The number of nitrogens with zero attached hydrogens (tertiary/aromatic N) is 1. The molecule has 7 heteroatoms. The summed E-state index contributed by atoms with van der Waals surface area (Å²) in [6, 6.07) is 15.0. The Morgan fingerprint density at radius 1 is 1.14 bits per heavy atom. The van der Waals surface area contributed by atoms with Crippen LogP contribution in [0.3, 0.4) is 0 Å². The highest BCUT2D eigenvalue weighted by Gasteiger charge is 2.25. The molecule has 29 heavy (non-hydrogen) atoms. The lowest BCUT2D eigenvalue weighted by molar-refractivity contribution is 0.0633. The Bertz CT molecular complexity index is 952. The summed E-state index contributed by atoms with van der Waals surface area (Å²) in [6.07, 6.45) is 1.83. The molecule has 0 spiro atoms. The minimum Gasteiger partial charge on any atom is -0.497 e. The number of aliphatic hydroxyl groups is 1. The predicted octanol–water partition coefficient (Wildman–Crippen LogP) is 3.14. The fraction of sp³-hybridized carbons (Fsp3) is 0.182. The number of rotatable bonds is 8. The summed E-state index contributed by atoms with van der Waals surface area (Å²) >= 11 is 0. The minimum absolute atomic E-state index is 0.123. The summed E-state index contributed by atoms with van der Waals surface area (Å²) in [5, 5.41) is 13.5. The summed E-state index contributed by atoms with van der Waals surface area (Å²) < 4.78 is 24.5. The molecule has 0 saturated carbocycles. The van der Waals surface area contributed by atoms with Crippen LogP contribution < -0.4 is 14.8 Å². The molecule has 0 aliphatic carbocycles. The van der Waals surface area contributed by atoms with Crippen LogP contribution >= 0.6 is 0 Å². The van der Waals surface area contributed by atoms with E-state index in [4.69, 9.17) is 9.47 Å². The second-order valence-electron chi connectivity index (χ2n) is 6.31. The molecule has 0 aliphatic heterocycles. The first-order chi connectivity index (χ1) is 14.1. The smallest absolute Gasteiger partial charge is 0.253 e. The number of pyridine rings is 1. The summed E-state index contributed by atoms with van der Waals surface area (Å²) in [5.41, 5.74) is 0.749. The quantitative estimate of drug-likeness (QED) is 0.611. The Labute approximate surface area is 167 Å². The van der Waals surface area contributed by atoms with Gasteiger partial charge in [0.1, 0.15) is 30.0 Å². The van der Waals surface area contributed by atoms with Gasteiger partial charge in [0, 0.05) is 18.5 Å². The second kappa shape index (κ2) is 9.66. The number of ether oxygens (including phenoxy) is 2. The Morgan fingerprint density at radius 3 is 2.66 bits per heavy atom. The van der Waals surface area contributed by atoms with Crippen LogP contribution in [0.4, 0.5) is 4.39 Å². The molecule has 0 fully saturated rings. The number of halogens is 1. The topological polar surface area (TPSA) is 80.7 Å². The first kappa shape index (κ1) is 20.3. The summed E-state index contributed by atoms with van der Waals surface area (Å²) in [4.78, 5) is 16.5. The molecule has 3 rings (SSSR count). The van der Waals surface area contributed by atoms with Crippen LogP contribution in [0.15, 0.2) is 73.1 Å². The van der Waals surface area contributed by atoms with E-state index < -0.39 is 23.9 Å². The van der Waals surface area contributed by atoms with Crippen molar-refractivity contribution in [3.8, 4) is 11.5 Å². The molecule has 6 nitrogen and oxygen atoms in total. The van der Waals surface area contributed by atoms with Crippen LogP contribution in [-0.4, -0.2) is 35.8 Å². The largest absolute Gasteiger partial charge is 0.497 e. The van der Waals surface area contributed by atoms with Gasteiger partial charge in [-0.25, -0.2) is 4.39 Å². The van der Waals surface area contributed by atoms with Gasteiger partial charge in [0.05, 0.1) is 18.7 Å². The van der Waals surface area contributed by atoms with Crippen molar-refractivity contribution in [3.63, 3.8) is 0 Å². The highest BCUT2D eigenvalue weighted by atomic mass is 19.1. The number of aromatic nitrogens is 1. The number of benzene rings is 2. The number of aliphatic hydroxyl groups excluding tert-OH is 1. The van der Waals surface area contributed by atoms with Crippen LogP contribution in [0.5, 0.6) is 11.5 Å². The molecule has 2 atom stereocenters.